The van der Waals surface area contributed by atoms with Crippen molar-refractivity contribution in [2.24, 2.45) is 0 Å². The molecule has 1 aromatic heterocycles. The van der Waals surface area contributed by atoms with Gasteiger partial charge in [0.25, 0.3) is 0 Å². The van der Waals surface area contributed by atoms with Gasteiger partial charge in [-0.05, 0) is 34.7 Å². The van der Waals surface area contributed by atoms with E-state index in [2.05, 4.69) is 92.2 Å². The maximum atomic E-state index is 2.43. The Morgan fingerprint density at radius 2 is 1.54 bits per heavy atom. The number of fused-ring (bicyclic) bond motifs is 4. The normalized spacial score (nSPS) is 12.7. The Morgan fingerprint density at radius 3 is 2.35 bits per heavy atom. The van der Waals surface area contributed by atoms with Gasteiger partial charge in [0.05, 0.1) is 10.9 Å². The molecular formula is C24H22ClN. The number of benzene rings is 3. The van der Waals surface area contributed by atoms with Crippen molar-refractivity contribution >= 4 is 21.7 Å². The molecule has 0 amide bonds. The molecule has 0 atom stereocenters. The van der Waals surface area contributed by atoms with Gasteiger partial charge in [-0.25, -0.2) is 0 Å². The third kappa shape index (κ3) is 2.42. The lowest BCUT2D eigenvalue weighted by atomic mass is 9.82. The summed E-state index contributed by atoms with van der Waals surface area (Å²) < 4.78 is 2.43. The quantitative estimate of drug-likeness (QED) is 0.295. The summed E-state index contributed by atoms with van der Waals surface area (Å²) in [6, 6.07) is 22.4. The molecule has 0 fully saturated rings. The van der Waals surface area contributed by atoms with Crippen LogP contribution in [-0.2, 0) is 12.0 Å². The van der Waals surface area contributed by atoms with E-state index in [9.17, 15) is 0 Å². The Balaban J connectivity index is 0.00000168. The number of aromatic nitrogens is 1. The highest BCUT2D eigenvalue weighted by atomic mass is 35.5. The molecule has 3 aromatic carbocycles. The highest BCUT2D eigenvalue weighted by Gasteiger charge is 2.28. The molecule has 0 saturated heterocycles. The second kappa shape index (κ2) is 5.82. The van der Waals surface area contributed by atoms with Crippen LogP contribution < -0.4 is 17.0 Å². The van der Waals surface area contributed by atoms with Crippen LogP contribution in [0.2, 0.25) is 0 Å². The van der Waals surface area contributed by atoms with E-state index in [0.717, 1.165) is 6.54 Å². The average Bonchev–Trinajstić information content (AvgIpc) is 2.61. The van der Waals surface area contributed by atoms with Crippen molar-refractivity contribution in [3.63, 3.8) is 0 Å². The van der Waals surface area contributed by atoms with Crippen LogP contribution in [0.1, 0.15) is 31.9 Å². The smallest absolute Gasteiger partial charge is 0.221 e. The minimum absolute atomic E-state index is 0. The molecule has 1 aliphatic rings. The minimum atomic E-state index is 0. The van der Waals surface area contributed by atoms with E-state index >= 15 is 0 Å². The van der Waals surface area contributed by atoms with Crippen LogP contribution in [0.15, 0.2) is 66.9 Å². The summed E-state index contributed by atoms with van der Waals surface area (Å²) in [5.41, 5.74) is 7.05. The van der Waals surface area contributed by atoms with E-state index < -0.39 is 0 Å². The van der Waals surface area contributed by atoms with Gasteiger partial charge in [0, 0.05) is 16.3 Å². The van der Waals surface area contributed by atoms with E-state index in [-0.39, 0.29) is 17.8 Å². The molecule has 2 heterocycles. The lowest BCUT2D eigenvalue weighted by Gasteiger charge is -2.23. The molecule has 26 heavy (non-hydrogen) atoms. The maximum absolute atomic E-state index is 2.43. The first-order chi connectivity index (χ1) is 12.0. The predicted molar refractivity (Wildman–Crippen MR) is 105 cm³/mol. The maximum Gasteiger partial charge on any atom is 0.221 e. The molecule has 0 N–H and O–H groups in total. The molecule has 5 rings (SSSR count). The molecule has 0 spiro atoms. The minimum Gasteiger partial charge on any atom is -1.00 e. The van der Waals surface area contributed by atoms with Crippen molar-refractivity contribution in [1.29, 1.82) is 0 Å². The van der Waals surface area contributed by atoms with Crippen LogP contribution in [0.4, 0.5) is 0 Å². The molecular weight excluding hydrogens is 338 g/mol. The first-order valence-corrected chi connectivity index (χ1v) is 9.00. The highest BCUT2D eigenvalue weighted by molar-refractivity contribution is 6.09. The lowest BCUT2D eigenvalue weighted by molar-refractivity contribution is -0.661. The fraction of sp³-hybridized carbons (Fsp3) is 0.208. The summed E-state index contributed by atoms with van der Waals surface area (Å²) in [6.45, 7) is 7.85. The number of nitrogens with zero attached hydrogens (tertiary/aromatic N) is 1. The summed E-state index contributed by atoms with van der Waals surface area (Å²) in [7, 11) is 0. The summed E-state index contributed by atoms with van der Waals surface area (Å²) >= 11 is 0. The van der Waals surface area contributed by atoms with E-state index in [1.54, 1.807) is 0 Å². The third-order valence-corrected chi connectivity index (χ3v) is 5.46. The standard InChI is InChI=1S/C24H22N.ClH/c1-24(2,3)18-12-21-19-10-6-4-8-16(19)14-25-15-17-9-5-7-11-20(17)22(13-18)23(21)25;/h4-14H,15H2,1-3H3;1H/q+1;/p-1. The first-order valence-electron chi connectivity index (χ1n) is 9.00. The van der Waals surface area contributed by atoms with Crippen molar-refractivity contribution in [3.05, 3.63) is 78.0 Å². The molecule has 0 aliphatic carbocycles. The SMILES string of the molecule is CC(C)(C)c1cc2c3c(c1)c1ccccc1c[n+]3Cc1ccccc1-2.[Cl-]. The number of hydrogen-bond donors (Lipinski definition) is 0. The summed E-state index contributed by atoms with van der Waals surface area (Å²) in [5, 5.41) is 4.03. The Bertz CT molecular complexity index is 1150. The van der Waals surface area contributed by atoms with Crippen LogP contribution >= 0.6 is 0 Å². The van der Waals surface area contributed by atoms with Crippen LogP contribution in [0, 0.1) is 0 Å². The van der Waals surface area contributed by atoms with Crippen molar-refractivity contribution < 1.29 is 17.0 Å². The zero-order chi connectivity index (χ0) is 17.2. The number of halogens is 1. The monoisotopic (exact) mass is 359 g/mol. The van der Waals surface area contributed by atoms with E-state index in [1.165, 1.54) is 43.9 Å². The molecule has 130 valence electrons. The van der Waals surface area contributed by atoms with Crippen molar-refractivity contribution in [3.8, 4) is 11.1 Å². The summed E-state index contributed by atoms with van der Waals surface area (Å²) in [4.78, 5) is 0. The van der Waals surface area contributed by atoms with Gasteiger partial charge in [0.15, 0.2) is 12.7 Å². The lowest BCUT2D eigenvalue weighted by Crippen LogP contribution is -3.00. The second-order valence-electron chi connectivity index (χ2n) is 8.17. The van der Waals surface area contributed by atoms with Gasteiger partial charge in [0.1, 0.15) is 0 Å². The van der Waals surface area contributed by atoms with Gasteiger partial charge in [-0.3, -0.25) is 0 Å². The number of rotatable bonds is 0. The summed E-state index contributed by atoms with van der Waals surface area (Å²) in [5.74, 6) is 0. The fourth-order valence-electron chi connectivity index (χ4n) is 4.10. The van der Waals surface area contributed by atoms with Crippen LogP contribution in [0.25, 0.3) is 32.8 Å². The van der Waals surface area contributed by atoms with Gasteiger partial charge >= 0.3 is 0 Å². The van der Waals surface area contributed by atoms with Crippen molar-refractivity contribution in [1.82, 2.24) is 0 Å². The molecule has 0 unspecified atom stereocenters. The Hall–Kier alpha value is -2.38. The van der Waals surface area contributed by atoms with Gasteiger partial charge < -0.3 is 12.4 Å². The van der Waals surface area contributed by atoms with E-state index in [0.29, 0.717) is 0 Å². The molecule has 0 saturated carbocycles. The van der Waals surface area contributed by atoms with E-state index in [4.69, 9.17) is 0 Å². The van der Waals surface area contributed by atoms with E-state index in [1.807, 2.05) is 0 Å². The summed E-state index contributed by atoms with van der Waals surface area (Å²) in [6.07, 6.45) is 2.31. The van der Waals surface area contributed by atoms with Crippen LogP contribution in [0.3, 0.4) is 0 Å². The fourth-order valence-corrected chi connectivity index (χ4v) is 4.10. The number of pyridine rings is 1. The number of hydrogen-bond acceptors (Lipinski definition) is 0. The van der Waals surface area contributed by atoms with Crippen molar-refractivity contribution in [2.45, 2.75) is 32.7 Å². The Morgan fingerprint density at radius 1 is 0.808 bits per heavy atom. The Kier molecular flexibility index (Phi) is 3.82. The largest absolute Gasteiger partial charge is 1.00 e. The predicted octanol–water partition coefficient (Wildman–Crippen LogP) is 2.61. The molecule has 4 aromatic rings. The first kappa shape index (κ1) is 17.1. The van der Waals surface area contributed by atoms with Gasteiger partial charge in [-0.2, -0.15) is 4.57 Å². The topological polar surface area (TPSA) is 3.88 Å². The zero-order valence-corrected chi connectivity index (χ0v) is 16.1. The molecule has 0 radical (unpaired) electrons. The van der Waals surface area contributed by atoms with Crippen LogP contribution in [-0.4, -0.2) is 0 Å². The average molecular weight is 360 g/mol. The molecule has 0 bridgehead atoms. The van der Waals surface area contributed by atoms with Gasteiger partial charge in [0.2, 0.25) is 5.52 Å². The highest BCUT2D eigenvalue weighted by Crippen LogP contribution is 2.39. The Labute approximate surface area is 160 Å². The zero-order valence-electron chi connectivity index (χ0n) is 15.4. The van der Waals surface area contributed by atoms with Crippen LogP contribution in [0.5, 0.6) is 0 Å². The molecule has 2 heteroatoms. The third-order valence-electron chi connectivity index (χ3n) is 5.46. The molecule has 1 aliphatic heterocycles. The van der Waals surface area contributed by atoms with Crippen molar-refractivity contribution in [2.75, 3.05) is 0 Å². The van der Waals surface area contributed by atoms with Gasteiger partial charge in [-0.15, -0.1) is 0 Å². The second-order valence-corrected chi connectivity index (χ2v) is 8.17. The van der Waals surface area contributed by atoms with Gasteiger partial charge in [-0.1, -0.05) is 63.2 Å². The molecule has 1 nitrogen and oxygen atoms in total.